The molecule has 1 aliphatic carbocycles. The van der Waals surface area contributed by atoms with Crippen LogP contribution in [0.3, 0.4) is 0 Å². The molecule has 3 rings (SSSR count). The molecule has 0 fully saturated rings. The number of aryl methyl sites for hydroxylation is 2. The van der Waals surface area contributed by atoms with Gasteiger partial charge in [-0.15, -0.1) is 0 Å². The van der Waals surface area contributed by atoms with Crippen LogP contribution in [0, 0.1) is 0 Å². The topological polar surface area (TPSA) is 55.4 Å². The number of ether oxygens (including phenoxy) is 1. The van der Waals surface area contributed by atoms with Gasteiger partial charge in [0.25, 0.3) is 0 Å². The number of rotatable bonds is 5. The molecule has 4 nitrogen and oxygen atoms in total. The Labute approximate surface area is 143 Å². The minimum Gasteiger partial charge on any atom is -0.495 e. The maximum absolute atomic E-state index is 12.7. The van der Waals surface area contributed by atoms with Crippen LogP contribution < -0.4 is 9.46 Å². The van der Waals surface area contributed by atoms with Crippen LogP contribution in [0.4, 0.5) is 0 Å². The summed E-state index contributed by atoms with van der Waals surface area (Å²) >= 11 is 0. The minimum absolute atomic E-state index is 0.164. The van der Waals surface area contributed by atoms with E-state index in [1.54, 1.807) is 24.3 Å². The molecule has 0 saturated carbocycles. The lowest BCUT2D eigenvalue weighted by molar-refractivity contribution is 0.402. The van der Waals surface area contributed by atoms with Gasteiger partial charge in [0.15, 0.2) is 0 Å². The maximum atomic E-state index is 12.7. The first-order valence-corrected chi connectivity index (χ1v) is 9.76. The van der Waals surface area contributed by atoms with Crippen molar-refractivity contribution >= 4 is 10.0 Å². The zero-order valence-corrected chi connectivity index (χ0v) is 14.9. The summed E-state index contributed by atoms with van der Waals surface area (Å²) in [5.74, 6) is 0.350. The van der Waals surface area contributed by atoms with Gasteiger partial charge in [0.1, 0.15) is 10.6 Å². The van der Waals surface area contributed by atoms with E-state index in [-0.39, 0.29) is 10.9 Å². The molecule has 24 heavy (non-hydrogen) atoms. The summed E-state index contributed by atoms with van der Waals surface area (Å²) in [4.78, 5) is 0.164. The first kappa shape index (κ1) is 17.0. The highest BCUT2D eigenvalue weighted by atomic mass is 32.2. The smallest absolute Gasteiger partial charge is 0.244 e. The molecule has 2 aromatic rings. The lowest BCUT2D eigenvalue weighted by Gasteiger charge is -2.20. The van der Waals surface area contributed by atoms with E-state index in [2.05, 4.69) is 16.9 Å². The summed E-state index contributed by atoms with van der Waals surface area (Å²) in [7, 11) is -2.17. The Bertz CT molecular complexity index is 830. The van der Waals surface area contributed by atoms with Crippen LogP contribution in [0.2, 0.25) is 0 Å². The van der Waals surface area contributed by atoms with Crippen LogP contribution in [0.25, 0.3) is 0 Å². The van der Waals surface area contributed by atoms with Gasteiger partial charge in [-0.3, -0.25) is 0 Å². The molecule has 1 atom stereocenters. The summed E-state index contributed by atoms with van der Waals surface area (Å²) in [5, 5.41) is 0. The molecule has 0 spiro atoms. The second-order valence-corrected chi connectivity index (χ2v) is 7.91. The molecule has 5 heteroatoms. The van der Waals surface area contributed by atoms with Crippen LogP contribution in [-0.4, -0.2) is 15.5 Å². The molecule has 0 aliphatic heterocycles. The van der Waals surface area contributed by atoms with E-state index in [0.717, 1.165) is 18.4 Å². The fourth-order valence-corrected chi connectivity index (χ4v) is 4.63. The number of hydrogen-bond donors (Lipinski definition) is 1. The molecule has 0 amide bonds. The highest BCUT2D eigenvalue weighted by molar-refractivity contribution is 7.89. The van der Waals surface area contributed by atoms with Gasteiger partial charge in [0, 0.05) is 6.04 Å². The van der Waals surface area contributed by atoms with Gasteiger partial charge in [-0.05, 0) is 61.4 Å². The van der Waals surface area contributed by atoms with Crippen molar-refractivity contribution in [1.29, 1.82) is 0 Å². The lowest BCUT2D eigenvalue weighted by Crippen LogP contribution is -2.27. The number of sulfonamides is 1. The average molecular weight is 345 g/mol. The molecule has 0 heterocycles. The summed E-state index contributed by atoms with van der Waals surface area (Å²) in [5.41, 5.74) is 3.74. The molecule has 0 aromatic heterocycles. The number of nitrogens with one attached hydrogen (secondary N) is 1. The Morgan fingerprint density at radius 3 is 2.50 bits per heavy atom. The van der Waals surface area contributed by atoms with E-state index >= 15 is 0 Å². The van der Waals surface area contributed by atoms with Gasteiger partial charge in [-0.2, -0.15) is 0 Å². The molecule has 1 N–H and O–H groups in total. The number of methoxy groups -OCH3 is 1. The van der Waals surface area contributed by atoms with E-state index in [4.69, 9.17) is 4.74 Å². The van der Waals surface area contributed by atoms with E-state index in [1.807, 2.05) is 13.0 Å². The monoisotopic (exact) mass is 345 g/mol. The highest BCUT2D eigenvalue weighted by Gasteiger charge is 2.22. The standard InChI is InChI=1S/C19H23NO3S/c1-14(16-12-11-15-7-3-4-8-17(15)13-16)20-24(21,22)19-10-6-5-9-18(19)23-2/h5-6,9-14,20H,3-4,7-8H2,1-2H3. The quantitative estimate of drug-likeness (QED) is 0.900. The minimum atomic E-state index is -3.65. The summed E-state index contributed by atoms with van der Waals surface area (Å²) in [6.07, 6.45) is 4.65. The van der Waals surface area contributed by atoms with Crippen molar-refractivity contribution in [2.24, 2.45) is 0 Å². The van der Waals surface area contributed by atoms with Gasteiger partial charge in [0.2, 0.25) is 10.0 Å². The Hall–Kier alpha value is -1.85. The van der Waals surface area contributed by atoms with Crippen molar-refractivity contribution in [2.45, 2.75) is 43.5 Å². The molecule has 1 aliphatic rings. The molecule has 2 aromatic carbocycles. The van der Waals surface area contributed by atoms with E-state index in [0.29, 0.717) is 5.75 Å². The fraction of sp³-hybridized carbons (Fsp3) is 0.368. The normalized spacial score (nSPS) is 15.6. The SMILES string of the molecule is COc1ccccc1S(=O)(=O)NC(C)c1ccc2c(c1)CCCC2. The molecule has 0 bridgehead atoms. The fourth-order valence-electron chi connectivity index (χ4n) is 3.23. The second-order valence-electron chi connectivity index (χ2n) is 6.23. The highest BCUT2D eigenvalue weighted by Crippen LogP contribution is 2.27. The first-order chi connectivity index (χ1) is 11.5. The van der Waals surface area contributed by atoms with Crippen LogP contribution in [-0.2, 0) is 22.9 Å². The Morgan fingerprint density at radius 1 is 1.04 bits per heavy atom. The van der Waals surface area contributed by atoms with Gasteiger partial charge in [-0.25, -0.2) is 13.1 Å². The van der Waals surface area contributed by atoms with E-state index in [9.17, 15) is 8.42 Å². The Morgan fingerprint density at radius 2 is 1.75 bits per heavy atom. The number of para-hydroxylation sites is 1. The third-order valence-electron chi connectivity index (χ3n) is 4.56. The second kappa shape index (κ2) is 6.95. The molecule has 128 valence electrons. The van der Waals surface area contributed by atoms with Crippen LogP contribution in [0.5, 0.6) is 5.75 Å². The number of hydrogen-bond acceptors (Lipinski definition) is 3. The predicted molar refractivity (Wildman–Crippen MR) is 94.8 cm³/mol. The van der Waals surface area contributed by atoms with Crippen molar-refractivity contribution in [3.8, 4) is 5.75 Å². The third kappa shape index (κ3) is 3.47. The van der Waals surface area contributed by atoms with Crippen molar-refractivity contribution in [2.75, 3.05) is 7.11 Å². The Balaban J connectivity index is 1.84. The summed E-state index contributed by atoms with van der Waals surface area (Å²) < 4.78 is 33.3. The predicted octanol–water partition coefficient (Wildman–Crippen LogP) is 3.61. The molecular formula is C19H23NO3S. The van der Waals surface area contributed by atoms with E-state index in [1.165, 1.54) is 31.1 Å². The van der Waals surface area contributed by atoms with Crippen LogP contribution in [0.1, 0.15) is 42.5 Å². The number of fused-ring (bicyclic) bond motifs is 1. The molecule has 0 saturated heterocycles. The first-order valence-electron chi connectivity index (χ1n) is 8.28. The summed E-state index contributed by atoms with van der Waals surface area (Å²) in [6.45, 7) is 1.87. The summed E-state index contributed by atoms with van der Waals surface area (Å²) in [6, 6.07) is 12.7. The van der Waals surface area contributed by atoms with E-state index < -0.39 is 10.0 Å². The van der Waals surface area contributed by atoms with Gasteiger partial charge >= 0.3 is 0 Å². The number of benzene rings is 2. The largest absolute Gasteiger partial charge is 0.495 e. The maximum Gasteiger partial charge on any atom is 0.244 e. The van der Waals surface area contributed by atoms with Gasteiger partial charge in [0.05, 0.1) is 7.11 Å². The van der Waals surface area contributed by atoms with Crippen LogP contribution >= 0.6 is 0 Å². The lowest BCUT2D eigenvalue weighted by atomic mass is 9.89. The Kier molecular flexibility index (Phi) is 4.92. The zero-order valence-electron chi connectivity index (χ0n) is 14.1. The van der Waals surface area contributed by atoms with Gasteiger partial charge < -0.3 is 4.74 Å². The van der Waals surface area contributed by atoms with Crippen molar-refractivity contribution in [1.82, 2.24) is 4.72 Å². The molecule has 0 radical (unpaired) electrons. The average Bonchev–Trinajstić information content (AvgIpc) is 2.60. The van der Waals surface area contributed by atoms with Crippen LogP contribution in [0.15, 0.2) is 47.4 Å². The van der Waals surface area contributed by atoms with Crippen molar-refractivity contribution < 1.29 is 13.2 Å². The van der Waals surface area contributed by atoms with Gasteiger partial charge in [-0.1, -0.05) is 30.3 Å². The van der Waals surface area contributed by atoms with Crippen molar-refractivity contribution in [3.63, 3.8) is 0 Å². The molecule has 1 unspecified atom stereocenters. The van der Waals surface area contributed by atoms with Crippen molar-refractivity contribution in [3.05, 3.63) is 59.2 Å². The third-order valence-corrected chi connectivity index (χ3v) is 6.14. The zero-order chi connectivity index (χ0) is 17.2. The molecular weight excluding hydrogens is 322 g/mol.